The molecule has 1 atom stereocenters. The molecule has 1 amide bonds. The lowest BCUT2D eigenvalue weighted by molar-refractivity contribution is -0.130. The van der Waals surface area contributed by atoms with Crippen molar-refractivity contribution in [2.24, 2.45) is 5.10 Å². The maximum Gasteiger partial charge on any atom is 0.240 e. The number of amides is 1. The van der Waals surface area contributed by atoms with Crippen LogP contribution in [0.2, 0.25) is 0 Å². The second-order valence-corrected chi connectivity index (χ2v) is 8.64. The Morgan fingerprint density at radius 1 is 1.22 bits per heavy atom. The van der Waals surface area contributed by atoms with Gasteiger partial charge in [0.25, 0.3) is 0 Å². The average molecular weight is 385 g/mol. The van der Waals surface area contributed by atoms with Gasteiger partial charge < -0.3 is 0 Å². The standard InChI is InChI=1S/C20H23N3O3S/c1-4-27(25,26)22-18-7-5-6-17(12-18)19-13-20(23(21-19)15(3)24)16-10-8-14(2)9-11-16/h5-12,20,22H,4,13H2,1-3H3/t20-/m0/s1. The van der Waals surface area contributed by atoms with E-state index in [-0.39, 0.29) is 17.7 Å². The van der Waals surface area contributed by atoms with Gasteiger partial charge in [-0.3, -0.25) is 9.52 Å². The van der Waals surface area contributed by atoms with Gasteiger partial charge in [0.2, 0.25) is 15.9 Å². The molecule has 0 unspecified atom stereocenters. The molecular weight excluding hydrogens is 362 g/mol. The Labute approximate surface area is 159 Å². The Balaban J connectivity index is 1.90. The molecule has 1 N–H and O–H groups in total. The first kappa shape index (κ1) is 19.1. The summed E-state index contributed by atoms with van der Waals surface area (Å²) in [4.78, 5) is 12.1. The van der Waals surface area contributed by atoms with Crippen LogP contribution in [0.4, 0.5) is 5.69 Å². The molecule has 7 heteroatoms. The van der Waals surface area contributed by atoms with Crippen molar-refractivity contribution in [2.45, 2.75) is 33.2 Å². The number of aryl methyl sites for hydroxylation is 1. The molecule has 6 nitrogen and oxygen atoms in total. The van der Waals surface area contributed by atoms with Crippen molar-refractivity contribution >= 4 is 27.3 Å². The summed E-state index contributed by atoms with van der Waals surface area (Å²) in [5.41, 5.74) is 4.23. The van der Waals surface area contributed by atoms with Crippen molar-refractivity contribution in [1.82, 2.24) is 5.01 Å². The Bertz CT molecular complexity index is 982. The zero-order chi connectivity index (χ0) is 19.6. The van der Waals surface area contributed by atoms with Crippen LogP contribution < -0.4 is 4.72 Å². The summed E-state index contributed by atoms with van der Waals surface area (Å²) in [5.74, 6) is -0.121. The van der Waals surface area contributed by atoms with Crippen LogP contribution >= 0.6 is 0 Å². The van der Waals surface area contributed by atoms with E-state index in [1.54, 1.807) is 25.1 Å². The number of sulfonamides is 1. The van der Waals surface area contributed by atoms with Crippen molar-refractivity contribution in [3.8, 4) is 0 Å². The third-order valence-electron chi connectivity index (χ3n) is 4.54. The molecule has 1 aliphatic heterocycles. The molecule has 27 heavy (non-hydrogen) atoms. The highest BCUT2D eigenvalue weighted by Crippen LogP contribution is 2.33. The van der Waals surface area contributed by atoms with E-state index in [4.69, 9.17) is 0 Å². The maximum atomic E-state index is 12.1. The van der Waals surface area contributed by atoms with Crippen molar-refractivity contribution in [1.29, 1.82) is 0 Å². The lowest BCUT2D eigenvalue weighted by Crippen LogP contribution is -2.24. The normalized spacial score (nSPS) is 16.9. The van der Waals surface area contributed by atoms with Gasteiger partial charge in [0.1, 0.15) is 0 Å². The van der Waals surface area contributed by atoms with Crippen molar-refractivity contribution < 1.29 is 13.2 Å². The minimum absolute atomic E-state index is 0.00574. The predicted octanol–water partition coefficient (Wildman–Crippen LogP) is 3.45. The Kier molecular flexibility index (Phi) is 5.32. The molecular formula is C20H23N3O3S. The van der Waals surface area contributed by atoms with Crippen LogP contribution in [0.1, 0.15) is 43.0 Å². The van der Waals surface area contributed by atoms with E-state index in [9.17, 15) is 13.2 Å². The number of carbonyl (C=O) groups is 1. The fraction of sp³-hybridized carbons (Fsp3) is 0.300. The second kappa shape index (κ2) is 7.52. The molecule has 1 heterocycles. The largest absolute Gasteiger partial charge is 0.284 e. The average Bonchev–Trinajstić information content (AvgIpc) is 3.08. The van der Waals surface area contributed by atoms with Gasteiger partial charge in [-0.05, 0) is 37.1 Å². The highest BCUT2D eigenvalue weighted by molar-refractivity contribution is 7.92. The fourth-order valence-electron chi connectivity index (χ4n) is 3.04. The van der Waals surface area contributed by atoms with Crippen molar-refractivity contribution in [3.63, 3.8) is 0 Å². The molecule has 0 saturated heterocycles. The molecule has 0 aliphatic carbocycles. The number of benzene rings is 2. The Hall–Kier alpha value is -2.67. The van der Waals surface area contributed by atoms with Crippen LogP contribution in [-0.4, -0.2) is 30.8 Å². The van der Waals surface area contributed by atoms with Gasteiger partial charge in [-0.25, -0.2) is 13.4 Å². The lowest BCUT2D eigenvalue weighted by Gasteiger charge is -2.20. The SMILES string of the molecule is CCS(=O)(=O)Nc1cccc(C2=NN(C(C)=O)[C@H](c3ccc(C)cc3)C2)c1. The number of nitrogens with zero attached hydrogens (tertiary/aromatic N) is 2. The molecule has 0 aromatic heterocycles. The highest BCUT2D eigenvalue weighted by Gasteiger charge is 2.31. The third kappa shape index (κ3) is 4.36. The predicted molar refractivity (Wildman–Crippen MR) is 107 cm³/mol. The van der Waals surface area contributed by atoms with Gasteiger partial charge in [0.15, 0.2) is 0 Å². The van der Waals surface area contributed by atoms with Crippen LogP contribution in [0.5, 0.6) is 0 Å². The fourth-order valence-corrected chi connectivity index (χ4v) is 3.67. The van der Waals surface area contributed by atoms with Gasteiger partial charge in [-0.1, -0.05) is 42.0 Å². The first-order valence-electron chi connectivity index (χ1n) is 8.84. The van der Waals surface area contributed by atoms with Gasteiger partial charge in [0, 0.05) is 19.0 Å². The van der Waals surface area contributed by atoms with Crippen LogP contribution in [0.25, 0.3) is 0 Å². The molecule has 2 aromatic carbocycles. The van der Waals surface area contributed by atoms with Gasteiger partial charge >= 0.3 is 0 Å². The summed E-state index contributed by atoms with van der Waals surface area (Å²) in [6.07, 6.45) is 0.576. The smallest absolute Gasteiger partial charge is 0.240 e. The molecule has 0 radical (unpaired) electrons. The van der Waals surface area contributed by atoms with Crippen molar-refractivity contribution in [3.05, 3.63) is 65.2 Å². The van der Waals surface area contributed by atoms with Gasteiger partial charge in [-0.15, -0.1) is 0 Å². The molecule has 0 saturated carbocycles. The summed E-state index contributed by atoms with van der Waals surface area (Å²) in [6, 6.07) is 15.0. The highest BCUT2D eigenvalue weighted by atomic mass is 32.2. The third-order valence-corrected chi connectivity index (χ3v) is 5.85. The summed E-state index contributed by atoms with van der Waals surface area (Å²) in [5, 5.41) is 6.02. The summed E-state index contributed by atoms with van der Waals surface area (Å²) >= 11 is 0. The van der Waals surface area contributed by atoms with Crippen LogP contribution in [0.15, 0.2) is 53.6 Å². The Morgan fingerprint density at radius 2 is 1.93 bits per heavy atom. The van der Waals surface area contributed by atoms with Crippen molar-refractivity contribution in [2.75, 3.05) is 10.5 Å². The van der Waals surface area contributed by atoms with E-state index in [2.05, 4.69) is 9.82 Å². The van der Waals surface area contributed by atoms with E-state index in [0.717, 1.165) is 22.4 Å². The first-order valence-corrected chi connectivity index (χ1v) is 10.5. The topological polar surface area (TPSA) is 78.8 Å². The minimum Gasteiger partial charge on any atom is -0.284 e. The maximum absolute atomic E-state index is 12.1. The molecule has 1 aliphatic rings. The zero-order valence-electron chi connectivity index (χ0n) is 15.6. The molecule has 3 rings (SSSR count). The van der Waals surface area contributed by atoms with Crippen LogP contribution in [0, 0.1) is 6.92 Å². The first-order chi connectivity index (χ1) is 12.8. The zero-order valence-corrected chi connectivity index (χ0v) is 16.5. The number of hydrazone groups is 1. The number of anilines is 1. The molecule has 2 aromatic rings. The molecule has 142 valence electrons. The number of hydrogen-bond donors (Lipinski definition) is 1. The second-order valence-electron chi connectivity index (χ2n) is 6.63. The summed E-state index contributed by atoms with van der Waals surface area (Å²) in [6.45, 7) is 5.11. The van der Waals surface area contributed by atoms with E-state index in [1.165, 1.54) is 11.9 Å². The Morgan fingerprint density at radius 3 is 2.56 bits per heavy atom. The molecule has 0 fully saturated rings. The van der Waals surface area contributed by atoms with E-state index in [0.29, 0.717) is 12.1 Å². The molecule has 0 spiro atoms. The number of carbonyl (C=O) groups excluding carboxylic acids is 1. The van der Waals surface area contributed by atoms with E-state index in [1.807, 2.05) is 37.3 Å². The molecule has 0 bridgehead atoms. The van der Waals surface area contributed by atoms with E-state index < -0.39 is 10.0 Å². The summed E-state index contributed by atoms with van der Waals surface area (Å²) < 4.78 is 26.2. The summed E-state index contributed by atoms with van der Waals surface area (Å²) in [7, 11) is -3.35. The van der Waals surface area contributed by atoms with Gasteiger partial charge in [-0.2, -0.15) is 5.10 Å². The van der Waals surface area contributed by atoms with Crippen LogP contribution in [-0.2, 0) is 14.8 Å². The van der Waals surface area contributed by atoms with E-state index >= 15 is 0 Å². The minimum atomic E-state index is -3.35. The lowest BCUT2D eigenvalue weighted by atomic mass is 9.97. The quantitative estimate of drug-likeness (QED) is 0.856. The number of rotatable bonds is 5. The van der Waals surface area contributed by atoms with Crippen LogP contribution in [0.3, 0.4) is 0 Å². The number of nitrogens with one attached hydrogen (secondary N) is 1. The number of hydrogen-bond acceptors (Lipinski definition) is 4. The van der Waals surface area contributed by atoms with Gasteiger partial charge in [0.05, 0.1) is 17.5 Å². The monoisotopic (exact) mass is 385 g/mol.